The number of piperidine rings is 2. The third-order valence-electron chi connectivity index (χ3n) is 5.18. The summed E-state index contributed by atoms with van der Waals surface area (Å²) in [6.07, 6.45) is 6.42. The highest BCUT2D eigenvalue weighted by Crippen LogP contribution is 2.21. The van der Waals surface area contributed by atoms with Crippen LogP contribution in [0.15, 0.2) is 0 Å². The molecule has 0 aliphatic carbocycles. The fourth-order valence-corrected chi connectivity index (χ4v) is 5.89. The van der Waals surface area contributed by atoms with Gasteiger partial charge in [-0.1, -0.05) is 6.42 Å². The summed E-state index contributed by atoms with van der Waals surface area (Å²) < 4.78 is 8.20. The van der Waals surface area contributed by atoms with E-state index in [0.717, 1.165) is 57.9 Å². The van der Waals surface area contributed by atoms with E-state index in [9.17, 15) is 9.59 Å². The fourth-order valence-electron chi connectivity index (χ4n) is 3.73. The summed E-state index contributed by atoms with van der Waals surface area (Å²) in [6, 6.07) is 2.22. The molecule has 0 aromatic carbocycles. The minimum atomic E-state index is -0.381. The first kappa shape index (κ1) is 21.4. The summed E-state index contributed by atoms with van der Waals surface area (Å²) in [6.45, 7) is 10.6. The molecule has 150 valence electrons. The molecule has 1 amide bonds. The third-order valence-corrected chi connectivity index (χ3v) is 7.41. The molecule has 3 heterocycles. The largest absolute Gasteiger partial charge is 0.444 e. The smallest absolute Gasteiger partial charge is 0.410 e. The quantitative estimate of drug-likeness (QED) is 0.701. The molecule has 7 heteroatoms. The Balaban J connectivity index is 0.000000290. The van der Waals surface area contributed by atoms with Crippen molar-refractivity contribution in [2.75, 3.05) is 32.7 Å². The lowest BCUT2D eigenvalue weighted by Gasteiger charge is -2.40. The number of ketones is 1. The summed E-state index contributed by atoms with van der Waals surface area (Å²) in [4.78, 5) is 24.3. The average molecular weight is 384 g/mol. The van der Waals surface area contributed by atoms with Crippen molar-refractivity contribution in [3.05, 3.63) is 0 Å². The molecule has 0 spiro atoms. The number of nitrogens with zero attached hydrogens (tertiary/aromatic N) is 2. The molecular weight excluding hydrogens is 346 g/mol. The van der Waals surface area contributed by atoms with Crippen LogP contribution in [0.1, 0.15) is 59.3 Å². The van der Waals surface area contributed by atoms with Crippen LogP contribution in [0.4, 0.5) is 4.79 Å². The Morgan fingerprint density at radius 2 is 1.77 bits per heavy atom. The van der Waals surface area contributed by atoms with Crippen molar-refractivity contribution >= 4 is 21.6 Å². The lowest BCUT2D eigenvalue weighted by atomic mass is 10.1. The highest BCUT2D eigenvalue weighted by molar-refractivity contribution is 6.32. The van der Waals surface area contributed by atoms with E-state index in [-0.39, 0.29) is 21.4 Å². The number of nitrogens with one attached hydrogen (secondary N) is 1. The molecule has 0 aromatic heterocycles. The summed E-state index contributed by atoms with van der Waals surface area (Å²) in [5.74, 6) is 0.402. The number of ether oxygens (including phenoxy) is 1. The average Bonchev–Trinajstić information content (AvgIpc) is 2.62. The van der Waals surface area contributed by atoms with Crippen LogP contribution >= 0.6 is 0 Å². The van der Waals surface area contributed by atoms with E-state index in [1.807, 2.05) is 25.7 Å². The van der Waals surface area contributed by atoms with Crippen molar-refractivity contribution in [1.29, 1.82) is 0 Å². The fraction of sp³-hybridized carbons (Fsp3) is 0.895. The first-order valence-corrected chi connectivity index (χ1v) is 11.9. The molecule has 26 heavy (non-hydrogen) atoms. The molecule has 6 nitrogen and oxygen atoms in total. The standard InChI is InChI=1S/C14H28N2O2Si.C5H9NO/c1-14(2,3)18-13(17)15-9-6-12(7-10-15)16-8-4-5-11-19-16;7-5-1-3-6-4-2-5/h12H,4-11,19H2,1-3H3;6H,1-4H2. The Morgan fingerprint density at radius 1 is 1.12 bits per heavy atom. The van der Waals surface area contributed by atoms with Gasteiger partial charge in [0.15, 0.2) is 0 Å². The molecule has 0 atom stereocenters. The molecule has 3 rings (SSSR count). The second-order valence-electron chi connectivity index (χ2n) is 8.58. The third kappa shape index (κ3) is 7.76. The van der Waals surface area contributed by atoms with Crippen molar-refractivity contribution in [2.45, 2.75) is 77.0 Å². The van der Waals surface area contributed by atoms with Crippen LogP contribution in [-0.4, -0.2) is 75.4 Å². The van der Waals surface area contributed by atoms with E-state index in [1.54, 1.807) is 0 Å². The van der Waals surface area contributed by atoms with E-state index in [2.05, 4.69) is 9.88 Å². The molecule has 3 fully saturated rings. The minimum absolute atomic E-state index is 0.0123. The van der Waals surface area contributed by atoms with Gasteiger partial charge in [-0.2, -0.15) is 0 Å². The second kappa shape index (κ2) is 10.4. The number of hydrogen-bond donors (Lipinski definition) is 1. The van der Waals surface area contributed by atoms with E-state index in [1.165, 1.54) is 25.4 Å². The molecule has 0 saturated carbocycles. The van der Waals surface area contributed by atoms with Crippen LogP contribution < -0.4 is 5.32 Å². The highest BCUT2D eigenvalue weighted by Gasteiger charge is 2.29. The Morgan fingerprint density at radius 3 is 2.23 bits per heavy atom. The molecule has 0 aromatic rings. The number of amides is 1. The molecule has 3 aliphatic rings. The number of likely N-dealkylation sites (tertiary alicyclic amines) is 1. The predicted octanol–water partition coefficient (Wildman–Crippen LogP) is 1.92. The Labute approximate surface area is 160 Å². The van der Waals surface area contributed by atoms with Gasteiger partial charge < -0.3 is 19.5 Å². The Bertz CT molecular complexity index is 445. The monoisotopic (exact) mass is 383 g/mol. The second-order valence-corrected chi connectivity index (χ2v) is 10.6. The van der Waals surface area contributed by atoms with Crippen LogP contribution in [0.2, 0.25) is 6.04 Å². The normalized spacial score (nSPS) is 24.1. The van der Waals surface area contributed by atoms with Crippen LogP contribution in [0.3, 0.4) is 0 Å². The number of rotatable bonds is 1. The number of Topliss-reactive ketones (excluding diaryl/α,β-unsaturated/α-hetero) is 1. The van der Waals surface area contributed by atoms with Crippen LogP contribution in [0, 0.1) is 0 Å². The van der Waals surface area contributed by atoms with Gasteiger partial charge in [0.25, 0.3) is 0 Å². The van der Waals surface area contributed by atoms with E-state index in [0.29, 0.717) is 5.78 Å². The zero-order valence-electron chi connectivity index (χ0n) is 16.9. The Kier molecular flexibility index (Phi) is 8.57. The van der Waals surface area contributed by atoms with Gasteiger partial charge in [-0.15, -0.1) is 0 Å². The zero-order valence-corrected chi connectivity index (χ0v) is 18.3. The predicted molar refractivity (Wildman–Crippen MR) is 107 cm³/mol. The van der Waals surface area contributed by atoms with Crippen molar-refractivity contribution < 1.29 is 14.3 Å². The number of carbonyl (C=O) groups excluding carboxylic acids is 2. The highest BCUT2D eigenvalue weighted by atomic mass is 28.2. The molecule has 0 bridgehead atoms. The zero-order chi connectivity index (χ0) is 19.0. The van der Waals surface area contributed by atoms with Gasteiger partial charge >= 0.3 is 6.09 Å². The summed E-state index contributed by atoms with van der Waals surface area (Å²) >= 11 is 0. The van der Waals surface area contributed by atoms with Crippen molar-refractivity contribution in [3.63, 3.8) is 0 Å². The number of carbonyl (C=O) groups is 2. The van der Waals surface area contributed by atoms with Gasteiger partial charge in [-0.25, -0.2) is 4.79 Å². The maximum Gasteiger partial charge on any atom is 0.410 e. The van der Waals surface area contributed by atoms with Gasteiger partial charge in [-0.05, 0) is 52.6 Å². The first-order valence-electron chi connectivity index (χ1n) is 10.3. The molecule has 3 saturated heterocycles. The van der Waals surface area contributed by atoms with Gasteiger partial charge in [0.1, 0.15) is 11.4 Å². The van der Waals surface area contributed by atoms with Crippen LogP contribution in [0.5, 0.6) is 0 Å². The maximum absolute atomic E-state index is 12.0. The summed E-state index contributed by atoms with van der Waals surface area (Å²) in [7, 11) is 0.0123. The lowest BCUT2D eigenvalue weighted by molar-refractivity contribution is -0.119. The topological polar surface area (TPSA) is 61.9 Å². The van der Waals surface area contributed by atoms with Gasteiger partial charge in [0.05, 0.1) is 9.68 Å². The van der Waals surface area contributed by atoms with Crippen LogP contribution in [0.25, 0.3) is 0 Å². The Hall–Kier alpha value is -0.923. The molecule has 0 unspecified atom stereocenters. The first-order chi connectivity index (χ1) is 12.3. The van der Waals surface area contributed by atoms with Gasteiger partial charge in [-0.3, -0.25) is 4.79 Å². The summed E-state index contributed by atoms with van der Waals surface area (Å²) in [5.41, 5.74) is -0.381. The van der Waals surface area contributed by atoms with Crippen molar-refractivity contribution in [2.24, 2.45) is 0 Å². The lowest BCUT2D eigenvalue weighted by Crippen LogP contribution is -2.49. The number of hydrogen-bond acceptors (Lipinski definition) is 5. The van der Waals surface area contributed by atoms with E-state index in [4.69, 9.17) is 4.74 Å². The van der Waals surface area contributed by atoms with Gasteiger partial charge in [0.2, 0.25) is 0 Å². The van der Waals surface area contributed by atoms with E-state index < -0.39 is 0 Å². The van der Waals surface area contributed by atoms with Crippen LogP contribution in [-0.2, 0) is 9.53 Å². The van der Waals surface area contributed by atoms with Crippen molar-refractivity contribution in [3.8, 4) is 0 Å². The van der Waals surface area contributed by atoms with Gasteiger partial charge in [0, 0.05) is 45.1 Å². The maximum atomic E-state index is 12.0. The van der Waals surface area contributed by atoms with E-state index >= 15 is 0 Å². The van der Waals surface area contributed by atoms with Crippen molar-refractivity contribution in [1.82, 2.24) is 14.8 Å². The SMILES string of the molecule is CC(C)(C)OC(=O)N1CCC(N2CCCC[SiH2]2)CC1.O=C1CCNCC1. The molecule has 0 radical (unpaired) electrons. The molecular formula is C19H37N3O3Si. The molecule has 1 N–H and O–H groups in total. The minimum Gasteiger partial charge on any atom is -0.444 e. The summed E-state index contributed by atoms with van der Waals surface area (Å²) in [5, 5.41) is 3.09. The molecule has 3 aliphatic heterocycles.